The Morgan fingerprint density at radius 3 is 2.54 bits per heavy atom. The highest BCUT2D eigenvalue weighted by molar-refractivity contribution is 4.97. The summed E-state index contributed by atoms with van der Waals surface area (Å²) >= 11 is 0. The number of rotatable bonds is 3. The van der Waals surface area contributed by atoms with Gasteiger partial charge in [-0.3, -0.25) is 0 Å². The van der Waals surface area contributed by atoms with E-state index in [1.807, 2.05) is 0 Å². The summed E-state index contributed by atoms with van der Waals surface area (Å²) in [4.78, 5) is 0. The van der Waals surface area contributed by atoms with Crippen LogP contribution in [0.4, 0.5) is 0 Å². The second-order valence-corrected chi connectivity index (χ2v) is 5.46. The van der Waals surface area contributed by atoms with Crippen LogP contribution in [0.5, 0.6) is 0 Å². The molecule has 0 bridgehead atoms. The van der Waals surface area contributed by atoms with Crippen LogP contribution in [0.3, 0.4) is 0 Å². The van der Waals surface area contributed by atoms with E-state index >= 15 is 0 Å². The normalized spacial score (nSPS) is 37.4. The van der Waals surface area contributed by atoms with Crippen molar-refractivity contribution < 1.29 is 0 Å². The molecule has 1 heteroatoms. The Morgan fingerprint density at radius 1 is 1.23 bits per heavy atom. The summed E-state index contributed by atoms with van der Waals surface area (Å²) in [7, 11) is 0. The maximum atomic E-state index is 3.73. The van der Waals surface area contributed by atoms with E-state index in [4.69, 9.17) is 0 Å². The zero-order chi connectivity index (χ0) is 9.31. The fourth-order valence-electron chi connectivity index (χ4n) is 2.44. The molecule has 1 N–H and O–H groups in total. The molecule has 2 atom stereocenters. The molecule has 2 saturated carbocycles. The minimum atomic E-state index is 0.539. The van der Waals surface area contributed by atoms with E-state index in [1.54, 1.807) is 0 Å². The van der Waals surface area contributed by atoms with Crippen LogP contribution in [0, 0.1) is 11.8 Å². The average Bonchev–Trinajstić information content (AvgIpc) is 2.83. The lowest BCUT2D eigenvalue weighted by molar-refractivity contribution is 0.240. The third-order valence-corrected chi connectivity index (χ3v) is 4.08. The quantitative estimate of drug-likeness (QED) is 0.706. The third-order valence-electron chi connectivity index (χ3n) is 4.08. The van der Waals surface area contributed by atoms with Crippen molar-refractivity contribution >= 4 is 0 Å². The van der Waals surface area contributed by atoms with E-state index in [-0.39, 0.29) is 0 Å². The molecular formula is C12H23N. The van der Waals surface area contributed by atoms with E-state index in [9.17, 15) is 0 Å². The summed E-state index contributed by atoms with van der Waals surface area (Å²) in [6.45, 7) is 6.07. The molecule has 0 radical (unpaired) electrons. The lowest BCUT2D eigenvalue weighted by Gasteiger charge is -2.30. The van der Waals surface area contributed by atoms with Gasteiger partial charge in [0, 0.05) is 5.54 Å². The highest BCUT2D eigenvalue weighted by Crippen LogP contribution is 2.36. The largest absolute Gasteiger partial charge is 0.311 e. The molecule has 2 unspecified atom stereocenters. The first-order valence-electron chi connectivity index (χ1n) is 5.95. The van der Waals surface area contributed by atoms with Crippen molar-refractivity contribution in [1.82, 2.24) is 5.32 Å². The van der Waals surface area contributed by atoms with Crippen molar-refractivity contribution in [2.45, 2.75) is 57.9 Å². The van der Waals surface area contributed by atoms with E-state index in [2.05, 4.69) is 19.2 Å². The molecule has 2 rings (SSSR count). The van der Waals surface area contributed by atoms with Crippen LogP contribution in [-0.4, -0.2) is 12.1 Å². The minimum Gasteiger partial charge on any atom is -0.311 e. The molecule has 0 heterocycles. The molecule has 0 aromatic carbocycles. The Hall–Kier alpha value is -0.0400. The Kier molecular flexibility index (Phi) is 2.64. The predicted molar refractivity (Wildman–Crippen MR) is 56.8 cm³/mol. The van der Waals surface area contributed by atoms with Gasteiger partial charge in [0.25, 0.3) is 0 Å². The molecule has 1 nitrogen and oxygen atoms in total. The summed E-state index contributed by atoms with van der Waals surface area (Å²) in [6, 6.07) is 0. The minimum absolute atomic E-state index is 0.539. The van der Waals surface area contributed by atoms with Crippen molar-refractivity contribution in [3.63, 3.8) is 0 Å². The molecule has 13 heavy (non-hydrogen) atoms. The molecule has 0 amide bonds. The zero-order valence-electron chi connectivity index (χ0n) is 9.10. The van der Waals surface area contributed by atoms with Crippen LogP contribution in [-0.2, 0) is 0 Å². The lowest BCUT2D eigenvalue weighted by Crippen LogP contribution is -2.36. The summed E-state index contributed by atoms with van der Waals surface area (Å²) in [5, 5.41) is 3.73. The van der Waals surface area contributed by atoms with Crippen LogP contribution >= 0.6 is 0 Å². The molecule has 0 spiro atoms. The van der Waals surface area contributed by atoms with Gasteiger partial charge in [0.1, 0.15) is 0 Å². The third kappa shape index (κ3) is 2.46. The van der Waals surface area contributed by atoms with Gasteiger partial charge in [0.2, 0.25) is 0 Å². The highest BCUT2D eigenvalue weighted by atomic mass is 15.0. The van der Waals surface area contributed by atoms with Gasteiger partial charge in [0.05, 0.1) is 0 Å². The highest BCUT2D eigenvalue weighted by Gasteiger charge is 2.37. The van der Waals surface area contributed by atoms with Crippen LogP contribution in [0.2, 0.25) is 0 Å². The fraction of sp³-hybridized carbons (Fsp3) is 1.00. The van der Waals surface area contributed by atoms with Crippen molar-refractivity contribution in [3.8, 4) is 0 Å². The van der Waals surface area contributed by atoms with Crippen molar-refractivity contribution in [2.24, 2.45) is 11.8 Å². The zero-order valence-corrected chi connectivity index (χ0v) is 9.10. The second kappa shape index (κ2) is 3.61. The SMILES string of the molecule is CC1CCCCC1CNC1(C)CC1. The molecule has 0 aromatic heterocycles. The standard InChI is InChI=1S/C12H23N/c1-10-5-3-4-6-11(10)9-13-12(2)7-8-12/h10-11,13H,3-9H2,1-2H3. The van der Waals surface area contributed by atoms with Gasteiger partial charge in [-0.2, -0.15) is 0 Å². The Bertz CT molecular complexity index is 172. The fourth-order valence-corrected chi connectivity index (χ4v) is 2.44. The van der Waals surface area contributed by atoms with Crippen LogP contribution < -0.4 is 5.32 Å². The second-order valence-electron chi connectivity index (χ2n) is 5.46. The lowest BCUT2D eigenvalue weighted by atomic mass is 9.80. The first-order chi connectivity index (χ1) is 6.20. The van der Waals surface area contributed by atoms with Gasteiger partial charge in [-0.25, -0.2) is 0 Å². The van der Waals surface area contributed by atoms with Crippen LogP contribution in [0.25, 0.3) is 0 Å². The number of hydrogen-bond donors (Lipinski definition) is 1. The van der Waals surface area contributed by atoms with Crippen LogP contribution in [0.1, 0.15) is 52.4 Å². The Balaban J connectivity index is 1.73. The topological polar surface area (TPSA) is 12.0 Å². The van der Waals surface area contributed by atoms with Gasteiger partial charge >= 0.3 is 0 Å². The Labute approximate surface area is 82.3 Å². The monoisotopic (exact) mass is 181 g/mol. The molecule has 0 aliphatic heterocycles. The predicted octanol–water partition coefficient (Wildman–Crippen LogP) is 2.95. The van der Waals surface area contributed by atoms with Crippen molar-refractivity contribution in [1.29, 1.82) is 0 Å². The molecule has 76 valence electrons. The van der Waals surface area contributed by atoms with E-state index < -0.39 is 0 Å². The van der Waals surface area contributed by atoms with Gasteiger partial charge in [-0.05, 0) is 44.6 Å². The maximum absolute atomic E-state index is 3.73. The van der Waals surface area contributed by atoms with E-state index in [0.29, 0.717) is 5.54 Å². The maximum Gasteiger partial charge on any atom is 0.0154 e. The van der Waals surface area contributed by atoms with E-state index in [0.717, 1.165) is 11.8 Å². The summed E-state index contributed by atoms with van der Waals surface area (Å²) in [5.74, 6) is 1.93. The van der Waals surface area contributed by atoms with E-state index in [1.165, 1.54) is 45.1 Å². The molecule has 0 saturated heterocycles. The molecule has 0 aromatic rings. The molecule has 2 aliphatic rings. The first-order valence-corrected chi connectivity index (χ1v) is 5.95. The summed E-state index contributed by atoms with van der Waals surface area (Å²) in [5.41, 5.74) is 0.539. The smallest absolute Gasteiger partial charge is 0.0154 e. The molecule has 2 fully saturated rings. The average molecular weight is 181 g/mol. The van der Waals surface area contributed by atoms with Crippen molar-refractivity contribution in [3.05, 3.63) is 0 Å². The van der Waals surface area contributed by atoms with Gasteiger partial charge in [-0.1, -0.05) is 26.2 Å². The Morgan fingerprint density at radius 2 is 1.92 bits per heavy atom. The van der Waals surface area contributed by atoms with Crippen molar-refractivity contribution in [2.75, 3.05) is 6.54 Å². The number of hydrogen-bond acceptors (Lipinski definition) is 1. The van der Waals surface area contributed by atoms with Gasteiger partial charge in [0.15, 0.2) is 0 Å². The summed E-state index contributed by atoms with van der Waals surface area (Å²) in [6.07, 6.45) is 8.65. The number of nitrogens with one attached hydrogen (secondary N) is 1. The molecule has 2 aliphatic carbocycles. The molecular weight excluding hydrogens is 158 g/mol. The van der Waals surface area contributed by atoms with Gasteiger partial charge < -0.3 is 5.32 Å². The van der Waals surface area contributed by atoms with Crippen LogP contribution in [0.15, 0.2) is 0 Å². The van der Waals surface area contributed by atoms with Gasteiger partial charge in [-0.15, -0.1) is 0 Å². The summed E-state index contributed by atoms with van der Waals surface area (Å²) < 4.78 is 0. The first kappa shape index (κ1) is 9.51.